The predicted molar refractivity (Wildman–Crippen MR) is 115 cm³/mol. The number of amides is 1. The van der Waals surface area contributed by atoms with E-state index in [2.05, 4.69) is 57.7 Å². The average molecular weight is 389 g/mol. The Labute approximate surface area is 171 Å². The first-order chi connectivity index (χ1) is 14.3. The Kier molecular flexibility index (Phi) is 4.90. The van der Waals surface area contributed by atoms with Gasteiger partial charge < -0.3 is 10.2 Å². The van der Waals surface area contributed by atoms with Crippen molar-refractivity contribution in [2.24, 2.45) is 0 Å². The lowest BCUT2D eigenvalue weighted by Crippen LogP contribution is -3.11. The molecule has 29 heavy (non-hydrogen) atoms. The van der Waals surface area contributed by atoms with Crippen LogP contribution < -0.4 is 20.1 Å². The van der Waals surface area contributed by atoms with Gasteiger partial charge in [0.1, 0.15) is 12.1 Å². The second-order valence-electron chi connectivity index (χ2n) is 8.21. The monoisotopic (exact) mass is 388 g/mol. The number of nitrogens with one attached hydrogen (secondary N) is 3. The van der Waals surface area contributed by atoms with Crippen LogP contribution in [0.15, 0.2) is 54.6 Å². The SMILES string of the molecule is O=C(C[NH+]1CCCC1)Nc1c2c([nH+]c3ccccc13)N(Cc1ccccc1)CC2. The summed E-state index contributed by atoms with van der Waals surface area (Å²) in [4.78, 5) is 20.2. The molecule has 0 aliphatic carbocycles. The lowest BCUT2D eigenvalue weighted by molar-refractivity contribution is -0.878. The second-order valence-corrected chi connectivity index (χ2v) is 8.21. The molecule has 3 heterocycles. The van der Waals surface area contributed by atoms with E-state index in [-0.39, 0.29) is 5.91 Å². The smallest absolute Gasteiger partial charge is 0.280 e. The second kappa shape index (κ2) is 7.84. The number of anilines is 2. The number of likely N-dealkylation sites (tertiary alicyclic amines) is 1. The quantitative estimate of drug-likeness (QED) is 0.701. The number of carbonyl (C=O) groups excluding carboxylic acids is 1. The molecule has 2 aliphatic heterocycles. The Morgan fingerprint density at radius 1 is 1.03 bits per heavy atom. The molecule has 2 aliphatic rings. The third-order valence-corrected chi connectivity index (χ3v) is 6.19. The van der Waals surface area contributed by atoms with Gasteiger partial charge in [0.05, 0.1) is 30.9 Å². The van der Waals surface area contributed by atoms with E-state index in [4.69, 9.17) is 0 Å². The van der Waals surface area contributed by atoms with Crippen LogP contribution in [0.5, 0.6) is 0 Å². The summed E-state index contributed by atoms with van der Waals surface area (Å²) in [6.07, 6.45) is 3.40. The van der Waals surface area contributed by atoms with Crippen molar-refractivity contribution < 1.29 is 14.7 Å². The van der Waals surface area contributed by atoms with E-state index in [1.54, 1.807) is 0 Å². The first kappa shape index (κ1) is 18.1. The molecule has 0 atom stereocenters. The molecule has 1 saturated heterocycles. The molecule has 2 aromatic carbocycles. The van der Waals surface area contributed by atoms with Crippen molar-refractivity contribution in [3.8, 4) is 0 Å². The molecule has 5 nitrogen and oxygen atoms in total. The Morgan fingerprint density at radius 3 is 2.62 bits per heavy atom. The van der Waals surface area contributed by atoms with Crippen LogP contribution in [0.25, 0.3) is 10.9 Å². The Balaban J connectivity index is 1.47. The van der Waals surface area contributed by atoms with Crippen molar-refractivity contribution in [1.29, 1.82) is 0 Å². The molecule has 1 fully saturated rings. The van der Waals surface area contributed by atoms with Crippen molar-refractivity contribution in [1.82, 2.24) is 0 Å². The summed E-state index contributed by atoms with van der Waals surface area (Å²) in [6.45, 7) is 4.61. The van der Waals surface area contributed by atoms with Gasteiger partial charge in [-0.25, -0.2) is 4.98 Å². The number of hydrogen-bond donors (Lipinski definition) is 2. The molecule has 5 rings (SSSR count). The van der Waals surface area contributed by atoms with Gasteiger partial charge in [-0.3, -0.25) is 9.69 Å². The Morgan fingerprint density at radius 2 is 1.79 bits per heavy atom. The van der Waals surface area contributed by atoms with Crippen LogP contribution in [-0.2, 0) is 17.8 Å². The van der Waals surface area contributed by atoms with Gasteiger partial charge in [0.2, 0.25) is 0 Å². The summed E-state index contributed by atoms with van der Waals surface area (Å²) < 4.78 is 0. The molecule has 0 radical (unpaired) electrons. The Hall–Kier alpha value is -2.92. The van der Waals surface area contributed by atoms with Gasteiger partial charge in [0, 0.05) is 24.6 Å². The van der Waals surface area contributed by atoms with E-state index in [1.165, 1.54) is 28.9 Å². The molecule has 0 saturated carbocycles. The van der Waals surface area contributed by atoms with E-state index >= 15 is 0 Å². The standard InChI is InChI=1S/C24H26N4O/c29-22(17-27-13-6-7-14-27)26-23-19-10-4-5-11-21(19)25-24-20(23)12-15-28(24)16-18-8-2-1-3-9-18/h1-5,8-11H,6-7,12-17H2,(H,25,26,29)/p+2. The van der Waals surface area contributed by atoms with Gasteiger partial charge in [-0.1, -0.05) is 42.5 Å². The number of pyridine rings is 1. The minimum Gasteiger partial charge on any atom is -0.327 e. The van der Waals surface area contributed by atoms with E-state index in [1.807, 2.05) is 12.1 Å². The molecule has 5 heteroatoms. The summed E-state index contributed by atoms with van der Waals surface area (Å²) in [6, 6.07) is 18.8. The summed E-state index contributed by atoms with van der Waals surface area (Å²) in [5.74, 6) is 1.26. The first-order valence-corrected chi connectivity index (χ1v) is 10.7. The molecule has 0 unspecified atom stereocenters. The largest absolute Gasteiger partial charge is 0.327 e. The number of aromatic amines is 1. The number of H-pyrrole nitrogens is 1. The lowest BCUT2D eigenvalue weighted by atomic mass is 10.1. The number of carbonyl (C=O) groups is 1. The topological polar surface area (TPSA) is 50.9 Å². The maximum atomic E-state index is 12.8. The van der Waals surface area contributed by atoms with E-state index in [0.29, 0.717) is 6.54 Å². The van der Waals surface area contributed by atoms with Crippen molar-refractivity contribution in [2.75, 3.05) is 36.4 Å². The normalized spacial score (nSPS) is 16.3. The van der Waals surface area contributed by atoms with E-state index in [9.17, 15) is 4.79 Å². The van der Waals surface area contributed by atoms with Gasteiger partial charge in [0.25, 0.3) is 11.7 Å². The van der Waals surface area contributed by atoms with E-state index < -0.39 is 0 Å². The number of fused-ring (bicyclic) bond motifs is 2. The highest BCUT2D eigenvalue weighted by molar-refractivity contribution is 6.03. The maximum absolute atomic E-state index is 12.8. The summed E-state index contributed by atoms with van der Waals surface area (Å²) in [5.41, 5.74) is 4.58. The van der Waals surface area contributed by atoms with Crippen molar-refractivity contribution in [3.63, 3.8) is 0 Å². The number of nitrogens with zero attached hydrogens (tertiary/aromatic N) is 1. The van der Waals surface area contributed by atoms with Crippen LogP contribution in [0.1, 0.15) is 24.0 Å². The minimum absolute atomic E-state index is 0.127. The fourth-order valence-electron chi connectivity index (χ4n) is 4.73. The van der Waals surface area contributed by atoms with Crippen molar-refractivity contribution in [3.05, 3.63) is 65.7 Å². The zero-order chi connectivity index (χ0) is 19.6. The fraction of sp³-hybridized carbons (Fsp3) is 0.333. The Bertz CT molecular complexity index is 1030. The third kappa shape index (κ3) is 3.70. The van der Waals surface area contributed by atoms with Gasteiger partial charge in [0.15, 0.2) is 6.54 Å². The summed E-state index contributed by atoms with van der Waals surface area (Å²) >= 11 is 0. The number of aromatic nitrogens is 1. The number of rotatable bonds is 5. The van der Waals surface area contributed by atoms with Gasteiger partial charge >= 0.3 is 0 Å². The molecule has 3 aromatic rings. The molecule has 0 bridgehead atoms. The van der Waals surface area contributed by atoms with Gasteiger partial charge in [-0.2, -0.15) is 0 Å². The highest BCUT2D eigenvalue weighted by atomic mass is 16.2. The van der Waals surface area contributed by atoms with Crippen molar-refractivity contribution >= 4 is 28.3 Å². The van der Waals surface area contributed by atoms with Crippen LogP contribution in [0.4, 0.5) is 11.5 Å². The highest BCUT2D eigenvalue weighted by Crippen LogP contribution is 2.35. The van der Waals surface area contributed by atoms with Crippen molar-refractivity contribution in [2.45, 2.75) is 25.8 Å². The van der Waals surface area contributed by atoms with Gasteiger partial charge in [-0.05, 0) is 17.7 Å². The van der Waals surface area contributed by atoms with Gasteiger partial charge in [-0.15, -0.1) is 0 Å². The average Bonchev–Trinajstić information content (AvgIpc) is 3.39. The minimum atomic E-state index is 0.127. The molecular weight excluding hydrogens is 360 g/mol. The molecule has 1 amide bonds. The lowest BCUT2D eigenvalue weighted by Gasteiger charge is -2.15. The number of benzene rings is 2. The molecular formula is C24H28N4O+2. The summed E-state index contributed by atoms with van der Waals surface area (Å²) in [5, 5.41) is 4.39. The zero-order valence-electron chi connectivity index (χ0n) is 16.7. The molecule has 0 spiro atoms. The molecule has 3 N–H and O–H groups in total. The third-order valence-electron chi connectivity index (χ3n) is 6.19. The van der Waals surface area contributed by atoms with Crippen LogP contribution >= 0.6 is 0 Å². The zero-order valence-corrected chi connectivity index (χ0v) is 16.7. The van der Waals surface area contributed by atoms with Crippen LogP contribution in [0.2, 0.25) is 0 Å². The van der Waals surface area contributed by atoms with E-state index in [0.717, 1.165) is 55.0 Å². The maximum Gasteiger partial charge on any atom is 0.280 e. The highest BCUT2D eigenvalue weighted by Gasteiger charge is 2.32. The number of para-hydroxylation sites is 1. The van der Waals surface area contributed by atoms with Crippen LogP contribution in [0, 0.1) is 0 Å². The first-order valence-electron chi connectivity index (χ1n) is 10.7. The number of quaternary nitrogens is 1. The molecule has 148 valence electrons. The summed E-state index contributed by atoms with van der Waals surface area (Å²) in [7, 11) is 0. The molecule has 1 aromatic heterocycles. The van der Waals surface area contributed by atoms with Crippen LogP contribution in [0.3, 0.4) is 0 Å². The number of hydrogen-bond acceptors (Lipinski definition) is 2. The van der Waals surface area contributed by atoms with Crippen LogP contribution in [-0.4, -0.2) is 32.1 Å². The predicted octanol–water partition coefficient (Wildman–Crippen LogP) is 1.83. The fourth-order valence-corrected chi connectivity index (χ4v) is 4.73.